The zero-order chi connectivity index (χ0) is 40.1. The van der Waals surface area contributed by atoms with Crippen LogP contribution in [0.3, 0.4) is 0 Å². The van der Waals surface area contributed by atoms with Crippen LogP contribution in [-0.2, 0) is 61.6 Å². The predicted molar refractivity (Wildman–Crippen MR) is 213 cm³/mol. The van der Waals surface area contributed by atoms with E-state index in [2.05, 4.69) is 36.5 Å². The molecule has 0 aliphatic heterocycles. The fourth-order valence-electron chi connectivity index (χ4n) is 5.54. The van der Waals surface area contributed by atoms with Gasteiger partial charge in [0.1, 0.15) is 6.61 Å². The van der Waals surface area contributed by atoms with E-state index in [-0.39, 0.29) is 12.5 Å². The molecule has 0 radical (unpaired) electrons. The molecule has 0 atom stereocenters. The summed E-state index contributed by atoms with van der Waals surface area (Å²) in [5.74, 6) is 0.0360. The van der Waals surface area contributed by atoms with E-state index in [0.717, 1.165) is 13.0 Å². The van der Waals surface area contributed by atoms with E-state index in [1.807, 2.05) is 24.3 Å². The van der Waals surface area contributed by atoms with Crippen molar-refractivity contribution in [3.63, 3.8) is 0 Å². The van der Waals surface area contributed by atoms with Gasteiger partial charge in [0.05, 0.1) is 152 Å². The largest absolute Gasteiger partial charge is 0.449 e. The van der Waals surface area contributed by atoms with Gasteiger partial charge in [-0.2, -0.15) is 0 Å². The third-order valence-corrected chi connectivity index (χ3v) is 8.30. The summed E-state index contributed by atoms with van der Waals surface area (Å²) < 4.78 is 71.3. The Morgan fingerprint density at radius 2 is 0.702 bits per heavy atom. The van der Waals surface area contributed by atoms with Gasteiger partial charge in [-0.05, 0) is 28.7 Å². The molecule has 1 N–H and O–H groups in total. The van der Waals surface area contributed by atoms with Gasteiger partial charge in [-0.1, -0.05) is 55.5 Å². The lowest BCUT2D eigenvalue weighted by Gasteiger charge is -2.14. The maximum atomic E-state index is 12.3. The van der Waals surface area contributed by atoms with E-state index in [1.165, 1.54) is 22.3 Å². The van der Waals surface area contributed by atoms with Crippen LogP contribution in [0.1, 0.15) is 30.4 Å². The molecule has 0 saturated carbocycles. The number of nitrogens with one attached hydrogen (secondary N) is 1. The van der Waals surface area contributed by atoms with Crippen LogP contribution in [0.2, 0.25) is 0 Å². The fourth-order valence-corrected chi connectivity index (χ4v) is 5.54. The van der Waals surface area contributed by atoms with Gasteiger partial charge in [-0.3, -0.25) is 0 Å². The summed E-state index contributed by atoms with van der Waals surface area (Å²) in [6.45, 7) is 15.0. The van der Waals surface area contributed by atoms with Crippen LogP contribution < -0.4 is 5.32 Å². The maximum Gasteiger partial charge on any atom is 0.407 e. The van der Waals surface area contributed by atoms with E-state index in [9.17, 15) is 4.79 Å². The zero-order valence-electron chi connectivity index (χ0n) is 34.0. The van der Waals surface area contributed by atoms with Crippen LogP contribution in [0.5, 0.6) is 0 Å². The van der Waals surface area contributed by atoms with Gasteiger partial charge >= 0.3 is 6.09 Å². The minimum Gasteiger partial charge on any atom is -0.449 e. The molecule has 1 amide bonds. The summed E-state index contributed by atoms with van der Waals surface area (Å²) in [6, 6.07) is 16.5. The first-order valence-electron chi connectivity index (χ1n) is 20.3. The molecule has 0 fully saturated rings. The molecule has 0 aromatic heterocycles. The quantitative estimate of drug-likeness (QED) is 0.0962. The van der Waals surface area contributed by atoms with Crippen LogP contribution >= 0.6 is 0 Å². The Bertz CT molecular complexity index is 1200. The van der Waals surface area contributed by atoms with Crippen molar-refractivity contribution in [3.05, 3.63) is 59.7 Å². The van der Waals surface area contributed by atoms with Crippen LogP contribution in [0.25, 0.3) is 11.1 Å². The molecule has 2 aromatic carbocycles. The van der Waals surface area contributed by atoms with Gasteiger partial charge in [0.15, 0.2) is 0 Å². The Hall–Kier alpha value is -2.77. The summed E-state index contributed by atoms with van der Waals surface area (Å²) in [6.07, 6.45) is 0.567. The lowest BCUT2D eigenvalue weighted by atomic mass is 9.98. The van der Waals surface area contributed by atoms with Crippen molar-refractivity contribution < 1.29 is 66.4 Å². The number of carbonyl (C=O) groups excluding carboxylic acids is 1. The fraction of sp³-hybridized carbons (Fsp3) is 0.690. The van der Waals surface area contributed by atoms with Gasteiger partial charge in [0.25, 0.3) is 0 Å². The molecular formula is C42H67NO14. The van der Waals surface area contributed by atoms with E-state index in [1.54, 1.807) is 0 Å². The van der Waals surface area contributed by atoms with Crippen molar-refractivity contribution in [3.8, 4) is 11.1 Å². The normalized spacial score (nSPS) is 12.2. The first-order chi connectivity index (χ1) is 28.3. The number of carbonyl (C=O) groups is 1. The van der Waals surface area contributed by atoms with Crippen molar-refractivity contribution in [2.75, 3.05) is 172 Å². The summed E-state index contributed by atoms with van der Waals surface area (Å²) in [5, 5.41) is 2.74. The average Bonchev–Trinajstić information content (AvgIpc) is 3.55. The Morgan fingerprint density at radius 1 is 0.421 bits per heavy atom. The molecule has 1 aliphatic carbocycles. The second-order valence-corrected chi connectivity index (χ2v) is 12.6. The van der Waals surface area contributed by atoms with Gasteiger partial charge in [-0.15, -0.1) is 0 Å². The van der Waals surface area contributed by atoms with Crippen LogP contribution in [0.4, 0.5) is 4.79 Å². The number of hydrogen-bond acceptors (Lipinski definition) is 14. The van der Waals surface area contributed by atoms with Crippen LogP contribution in [0.15, 0.2) is 48.5 Å². The smallest absolute Gasteiger partial charge is 0.407 e. The molecule has 0 bridgehead atoms. The molecule has 0 spiro atoms. The van der Waals surface area contributed by atoms with Crippen molar-refractivity contribution in [2.45, 2.75) is 19.3 Å². The average molecular weight is 810 g/mol. The molecule has 15 heteroatoms. The molecule has 15 nitrogen and oxygen atoms in total. The summed E-state index contributed by atoms with van der Waals surface area (Å²) >= 11 is 0. The molecule has 57 heavy (non-hydrogen) atoms. The minimum absolute atomic E-state index is 0.0360. The summed E-state index contributed by atoms with van der Waals surface area (Å²) in [7, 11) is 0. The highest BCUT2D eigenvalue weighted by Crippen LogP contribution is 2.44. The van der Waals surface area contributed by atoms with E-state index in [0.29, 0.717) is 159 Å². The number of ether oxygens (including phenoxy) is 13. The predicted octanol–water partition coefficient (Wildman–Crippen LogP) is 4.13. The lowest BCUT2D eigenvalue weighted by molar-refractivity contribution is -0.0283. The van der Waals surface area contributed by atoms with Crippen molar-refractivity contribution >= 4 is 6.09 Å². The highest BCUT2D eigenvalue weighted by atomic mass is 16.6. The van der Waals surface area contributed by atoms with Gasteiger partial charge in [-0.25, -0.2) is 4.79 Å². The number of hydrogen-bond donors (Lipinski definition) is 1. The zero-order valence-corrected chi connectivity index (χ0v) is 34.0. The topological polar surface area (TPSA) is 149 Å². The van der Waals surface area contributed by atoms with Crippen LogP contribution in [-0.4, -0.2) is 178 Å². The van der Waals surface area contributed by atoms with Gasteiger partial charge in [0.2, 0.25) is 0 Å². The van der Waals surface area contributed by atoms with Gasteiger partial charge < -0.3 is 66.9 Å². The molecule has 3 rings (SSSR count). The first-order valence-corrected chi connectivity index (χ1v) is 20.3. The maximum absolute atomic E-state index is 12.3. The van der Waals surface area contributed by atoms with Gasteiger partial charge in [0, 0.05) is 19.1 Å². The minimum atomic E-state index is -0.453. The Balaban J connectivity index is 0.931. The summed E-state index contributed by atoms with van der Waals surface area (Å²) in [4.78, 5) is 12.3. The number of benzene rings is 2. The summed E-state index contributed by atoms with van der Waals surface area (Å²) in [5.41, 5.74) is 4.77. The Morgan fingerprint density at radius 3 is 1.02 bits per heavy atom. The van der Waals surface area contributed by atoms with E-state index >= 15 is 0 Å². The molecule has 324 valence electrons. The molecule has 2 aromatic rings. The number of amides is 1. The van der Waals surface area contributed by atoms with Crippen molar-refractivity contribution in [2.24, 2.45) is 0 Å². The molecular weight excluding hydrogens is 742 g/mol. The second-order valence-electron chi connectivity index (χ2n) is 12.6. The second kappa shape index (κ2) is 35.2. The monoisotopic (exact) mass is 809 g/mol. The highest BCUT2D eigenvalue weighted by molar-refractivity contribution is 5.79. The number of fused-ring (bicyclic) bond motifs is 3. The molecule has 0 unspecified atom stereocenters. The standard InChI is InChI=1S/C42H67NO14/c1-2-12-45-14-16-47-18-20-49-22-24-51-26-28-53-30-32-55-34-35-56-33-31-54-29-27-52-25-23-50-21-19-48-17-15-46-13-11-43-42(44)57-36-41-39-9-5-3-7-37(39)38-8-4-6-10-40(38)41/h3-10,41H,2,11-36H2,1H3,(H,43,44). The van der Waals surface area contributed by atoms with Crippen LogP contribution in [0, 0.1) is 0 Å². The Labute approximate surface area is 339 Å². The Kier molecular flexibility index (Phi) is 30.0. The lowest BCUT2D eigenvalue weighted by Crippen LogP contribution is -2.29. The molecule has 0 saturated heterocycles. The number of alkyl carbamates (subject to hydrolysis) is 1. The van der Waals surface area contributed by atoms with Crippen molar-refractivity contribution in [1.29, 1.82) is 0 Å². The van der Waals surface area contributed by atoms with Crippen molar-refractivity contribution in [1.82, 2.24) is 5.32 Å². The van der Waals surface area contributed by atoms with E-state index < -0.39 is 6.09 Å². The molecule has 1 aliphatic rings. The molecule has 0 heterocycles. The highest BCUT2D eigenvalue weighted by Gasteiger charge is 2.28. The third-order valence-electron chi connectivity index (χ3n) is 8.30. The first kappa shape index (κ1) is 48.6. The van der Waals surface area contributed by atoms with E-state index in [4.69, 9.17) is 61.6 Å². The third kappa shape index (κ3) is 24.0. The number of rotatable bonds is 40. The SMILES string of the molecule is CCCOCCOCCOCCOCCOCCOCCOCCOCCOCCOCCOCCOCCNC(=O)OCC1c2ccccc2-c2ccccc21.